The molecule has 1 fully saturated rings. The van der Waals surface area contributed by atoms with Crippen molar-refractivity contribution in [3.8, 4) is 0 Å². The van der Waals surface area contributed by atoms with E-state index >= 15 is 0 Å². The molecule has 180 valence electrons. The quantitative estimate of drug-likeness (QED) is 0.389. The maximum absolute atomic E-state index is 14.5. The minimum Gasteiger partial charge on any atom is -0.382 e. The number of nitrogens with one attached hydrogen (secondary N) is 1. The molecule has 1 unspecified atom stereocenters. The predicted octanol–water partition coefficient (Wildman–Crippen LogP) is 2.99. The van der Waals surface area contributed by atoms with Crippen molar-refractivity contribution in [2.75, 3.05) is 20.1 Å². The molecule has 2 atom stereocenters. The van der Waals surface area contributed by atoms with Gasteiger partial charge in [0.15, 0.2) is 5.82 Å². The fraction of sp³-hybridized carbons (Fsp3) is 0.524. The number of nitrogens with zero attached hydrogens (tertiary/aromatic N) is 5. The number of alkyl halides is 4. The normalized spacial score (nSPS) is 18.5. The highest BCUT2D eigenvalue weighted by Gasteiger charge is 2.40. The van der Waals surface area contributed by atoms with Crippen molar-refractivity contribution >= 4 is 6.03 Å². The molecule has 1 aliphatic rings. The molecule has 0 bridgehead atoms. The largest absolute Gasteiger partial charge is 0.382 e. The van der Waals surface area contributed by atoms with Crippen LogP contribution in [0.1, 0.15) is 30.7 Å². The van der Waals surface area contributed by atoms with Crippen LogP contribution in [0.2, 0.25) is 0 Å². The number of aromatic nitrogens is 4. The predicted molar refractivity (Wildman–Crippen MR) is 111 cm³/mol. The van der Waals surface area contributed by atoms with Crippen molar-refractivity contribution in [2.24, 2.45) is 0 Å². The van der Waals surface area contributed by atoms with Gasteiger partial charge in [-0.25, -0.2) is 13.6 Å². The van der Waals surface area contributed by atoms with Gasteiger partial charge in [0.1, 0.15) is 6.10 Å². The Labute approximate surface area is 188 Å². The Morgan fingerprint density at radius 3 is 2.64 bits per heavy atom. The summed E-state index contributed by atoms with van der Waals surface area (Å²) in [5, 5.41) is 22.9. The Morgan fingerprint density at radius 2 is 1.97 bits per heavy atom. The van der Waals surface area contributed by atoms with Crippen LogP contribution in [0.4, 0.5) is 22.4 Å². The summed E-state index contributed by atoms with van der Waals surface area (Å²) < 4.78 is 57.3. The lowest BCUT2D eigenvalue weighted by atomic mass is 10.0. The van der Waals surface area contributed by atoms with Crippen LogP contribution in [-0.4, -0.2) is 79.8 Å². The van der Waals surface area contributed by atoms with Crippen molar-refractivity contribution in [3.05, 3.63) is 53.9 Å². The maximum atomic E-state index is 14.5. The lowest BCUT2D eigenvalue weighted by molar-refractivity contribution is -0.0929. The number of H-pyrrole nitrogens is 1. The van der Waals surface area contributed by atoms with Gasteiger partial charge in [-0.1, -0.05) is 47.7 Å². The topological polar surface area (TPSA) is 98.2 Å². The zero-order valence-electron chi connectivity index (χ0n) is 18.0. The standard InChI is InChI=1S/C21H26F4N6O2/c1-30-14-16(8-9-17(32)21(24,25)15-6-3-2-4-7-15)31(19(30)33)13-5-11-20(22,23)12-10-18-26-28-29-27-18/h2-4,6-9,16-17,32H,5,10-14H2,1H3,(H,26,27,28,29)/b9-8+/t16-,17?/m0/s1. The van der Waals surface area contributed by atoms with Crippen LogP contribution in [0.3, 0.4) is 0 Å². The molecule has 12 heteroatoms. The van der Waals surface area contributed by atoms with Gasteiger partial charge in [0.05, 0.1) is 6.04 Å². The van der Waals surface area contributed by atoms with Gasteiger partial charge in [-0.05, 0) is 6.42 Å². The number of tetrazole rings is 1. The number of aliphatic hydroxyl groups is 1. The number of aromatic amines is 1. The van der Waals surface area contributed by atoms with Crippen molar-refractivity contribution in [3.63, 3.8) is 0 Å². The summed E-state index contributed by atoms with van der Waals surface area (Å²) in [6.45, 7) is 0.230. The second-order valence-corrected chi connectivity index (χ2v) is 8.03. The monoisotopic (exact) mass is 470 g/mol. The molecule has 0 aliphatic carbocycles. The van der Waals surface area contributed by atoms with E-state index in [-0.39, 0.29) is 43.4 Å². The third kappa shape index (κ3) is 6.28. The number of hydrogen-bond donors (Lipinski definition) is 2. The Morgan fingerprint density at radius 1 is 1.24 bits per heavy atom. The Balaban J connectivity index is 1.56. The molecule has 2 heterocycles. The number of aryl methyl sites for hydroxylation is 1. The molecule has 0 radical (unpaired) electrons. The Hall–Kier alpha value is -3.02. The molecule has 33 heavy (non-hydrogen) atoms. The third-order valence-electron chi connectivity index (χ3n) is 5.52. The lowest BCUT2D eigenvalue weighted by Gasteiger charge is -2.24. The summed E-state index contributed by atoms with van der Waals surface area (Å²) in [6.07, 6.45) is -0.737. The second kappa shape index (κ2) is 10.3. The number of hydrogen-bond acceptors (Lipinski definition) is 5. The van der Waals surface area contributed by atoms with E-state index < -0.39 is 36.8 Å². The summed E-state index contributed by atoms with van der Waals surface area (Å²) >= 11 is 0. The molecule has 3 rings (SSSR count). The number of rotatable bonds is 11. The molecule has 2 N–H and O–H groups in total. The number of halogens is 4. The highest BCUT2D eigenvalue weighted by Crippen LogP contribution is 2.33. The molecule has 1 aliphatic heterocycles. The first-order valence-corrected chi connectivity index (χ1v) is 10.5. The molecule has 0 spiro atoms. The SMILES string of the molecule is CN1C[C@H](/C=C/C(O)C(F)(F)c2ccccc2)N(CCCC(F)(F)CCc2nn[nH]n2)C1=O. The summed E-state index contributed by atoms with van der Waals surface area (Å²) in [5.41, 5.74) is -0.332. The molecular formula is C21H26F4N6O2. The van der Waals surface area contributed by atoms with E-state index in [1.807, 2.05) is 0 Å². The first-order valence-electron chi connectivity index (χ1n) is 10.5. The van der Waals surface area contributed by atoms with Crippen LogP contribution in [0.25, 0.3) is 0 Å². The van der Waals surface area contributed by atoms with Crippen molar-refractivity contribution in [1.82, 2.24) is 30.4 Å². The lowest BCUT2D eigenvalue weighted by Crippen LogP contribution is -2.36. The first-order chi connectivity index (χ1) is 15.6. The summed E-state index contributed by atoms with van der Waals surface area (Å²) in [7, 11) is 1.54. The Bertz CT molecular complexity index is 926. The minimum absolute atomic E-state index is 0.0197. The number of amides is 2. The van der Waals surface area contributed by atoms with E-state index in [4.69, 9.17) is 0 Å². The molecular weight excluding hydrogens is 444 g/mol. The number of aliphatic hydroxyl groups excluding tert-OH is 1. The average molecular weight is 470 g/mol. The number of carbonyl (C=O) groups excluding carboxylic acids is 1. The van der Waals surface area contributed by atoms with Gasteiger partial charge in [-0.15, -0.1) is 10.2 Å². The van der Waals surface area contributed by atoms with Crippen LogP contribution < -0.4 is 0 Å². The van der Waals surface area contributed by atoms with Crippen molar-refractivity contribution in [2.45, 2.75) is 49.7 Å². The molecule has 2 amide bonds. The van der Waals surface area contributed by atoms with E-state index in [2.05, 4.69) is 20.6 Å². The van der Waals surface area contributed by atoms with Gasteiger partial charge in [0, 0.05) is 45.0 Å². The van der Waals surface area contributed by atoms with Crippen molar-refractivity contribution < 1.29 is 27.5 Å². The fourth-order valence-corrected chi connectivity index (χ4v) is 3.65. The molecule has 2 aromatic rings. The van der Waals surface area contributed by atoms with Gasteiger partial charge >= 0.3 is 12.0 Å². The van der Waals surface area contributed by atoms with E-state index in [0.717, 1.165) is 6.08 Å². The minimum atomic E-state index is -3.52. The average Bonchev–Trinajstić information content (AvgIpc) is 3.40. The molecule has 1 aromatic carbocycles. The summed E-state index contributed by atoms with van der Waals surface area (Å²) in [5.74, 6) is -6.30. The highest BCUT2D eigenvalue weighted by atomic mass is 19.3. The number of urea groups is 1. The van der Waals surface area contributed by atoms with E-state index in [9.17, 15) is 27.5 Å². The second-order valence-electron chi connectivity index (χ2n) is 8.03. The smallest absolute Gasteiger partial charge is 0.320 e. The number of benzene rings is 1. The van der Waals surface area contributed by atoms with E-state index in [0.29, 0.717) is 0 Å². The van der Waals surface area contributed by atoms with Crippen LogP contribution in [0.15, 0.2) is 42.5 Å². The third-order valence-corrected chi connectivity index (χ3v) is 5.52. The Kier molecular flexibility index (Phi) is 7.67. The summed E-state index contributed by atoms with van der Waals surface area (Å²) in [4.78, 5) is 15.1. The maximum Gasteiger partial charge on any atom is 0.320 e. The van der Waals surface area contributed by atoms with Crippen molar-refractivity contribution in [1.29, 1.82) is 0 Å². The molecule has 1 saturated heterocycles. The number of likely N-dealkylation sites (N-methyl/N-ethyl adjacent to an activating group) is 1. The zero-order valence-corrected chi connectivity index (χ0v) is 18.0. The first kappa shape index (κ1) is 24.6. The van der Waals surface area contributed by atoms with E-state index in [1.165, 1.54) is 47.2 Å². The highest BCUT2D eigenvalue weighted by molar-refractivity contribution is 5.77. The van der Waals surface area contributed by atoms with Gasteiger partial charge in [0.2, 0.25) is 5.92 Å². The van der Waals surface area contributed by atoms with Gasteiger partial charge in [-0.3, -0.25) is 0 Å². The molecule has 0 saturated carbocycles. The molecule has 1 aromatic heterocycles. The molecule has 8 nitrogen and oxygen atoms in total. The fourth-order valence-electron chi connectivity index (χ4n) is 3.65. The number of carbonyl (C=O) groups is 1. The van der Waals surface area contributed by atoms with E-state index in [1.54, 1.807) is 6.07 Å². The van der Waals surface area contributed by atoms with Gasteiger partial charge in [-0.2, -0.15) is 14.0 Å². The van der Waals surface area contributed by atoms with Gasteiger partial charge < -0.3 is 14.9 Å². The van der Waals surface area contributed by atoms with Crippen LogP contribution >= 0.6 is 0 Å². The van der Waals surface area contributed by atoms with Crippen LogP contribution in [0, 0.1) is 0 Å². The zero-order chi connectivity index (χ0) is 24.1. The van der Waals surface area contributed by atoms with Gasteiger partial charge in [0.25, 0.3) is 0 Å². The van der Waals surface area contributed by atoms with Crippen LogP contribution in [0.5, 0.6) is 0 Å². The summed E-state index contributed by atoms with van der Waals surface area (Å²) in [6, 6.07) is 5.92. The van der Waals surface area contributed by atoms with Crippen LogP contribution in [-0.2, 0) is 12.3 Å².